The van der Waals surface area contributed by atoms with Crippen molar-refractivity contribution in [1.82, 2.24) is 5.06 Å². The Bertz CT molecular complexity index is 308. The number of hydroxylamine groups is 2. The van der Waals surface area contributed by atoms with Crippen molar-refractivity contribution in [2.24, 2.45) is 0 Å². The largest absolute Gasteiger partial charge is 0.481 e. The van der Waals surface area contributed by atoms with Gasteiger partial charge in [-0.2, -0.15) is 5.06 Å². The summed E-state index contributed by atoms with van der Waals surface area (Å²) in [4.78, 5) is 32.2. The molecule has 0 spiro atoms. The number of carboxylic acid groups (broad SMARTS) is 3. The minimum absolute atomic E-state index is 0.166. The molecule has 0 rings (SSSR count). The number of aliphatic hydroxyl groups excluding tert-OH is 3. The van der Waals surface area contributed by atoms with Gasteiger partial charge in [0.25, 0.3) is 17.9 Å². The van der Waals surface area contributed by atoms with Gasteiger partial charge in [0, 0.05) is 33.9 Å². The lowest BCUT2D eigenvalue weighted by Crippen LogP contribution is -2.37. The molecular formula is C15H33NO10. The first-order valence-corrected chi connectivity index (χ1v) is 7.62. The molecule has 0 aliphatic rings. The zero-order chi connectivity index (χ0) is 21.9. The van der Waals surface area contributed by atoms with E-state index >= 15 is 0 Å². The van der Waals surface area contributed by atoms with Crippen molar-refractivity contribution >= 4 is 17.9 Å². The molecule has 0 radical (unpaired) electrons. The van der Waals surface area contributed by atoms with E-state index in [1.54, 1.807) is 20.8 Å². The van der Waals surface area contributed by atoms with E-state index in [1.807, 2.05) is 0 Å². The second-order valence-corrected chi connectivity index (χ2v) is 5.25. The van der Waals surface area contributed by atoms with E-state index in [2.05, 4.69) is 0 Å². The third kappa shape index (κ3) is 79.5. The third-order valence-corrected chi connectivity index (χ3v) is 1.43. The standard InChI is InChI=1S/C9H21NO4.3C2H4O2/c1-7(11)4-10(5-8(2)12)14-6-9(3)13;3*1-2(3)4/h7-9,11-13H,4-6H2,1-3H3;3*1H3,(H,3,4). The number of nitrogens with zero attached hydrogens (tertiary/aromatic N) is 1. The van der Waals surface area contributed by atoms with Gasteiger partial charge in [-0.3, -0.25) is 19.2 Å². The number of aliphatic carboxylic acids is 3. The molecule has 3 unspecified atom stereocenters. The number of carboxylic acids is 3. The fourth-order valence-electron chi connectivity index (χ4n) is 0.983. The van der Waals surface area contributed by atoms with Crippen LogP contribution in [0.15, 0.2) is 0 Å². The van der Waals surface area contributed by atoms with Gasteiger partial charge in [-0.25, -0.2) is 0 Å². The molecule has 0 saturated carbocycles. The summed E-state index contributed by atoms with van der Waals surface area (Å²) in [5.74, 6) is -2.50. The first-order valence-electron chi connectivity index (χ1n) is 7.62. The van der Waals surface area contributed by atoms with Gasteiger partial charge in [-0.15, -0.1) is 0 Å². The molecule has 0 aliphatic heterocycles. The minimum Gasteiger partial charge on any atom is -0.481 e. The van der Waals surface area contributed by atoms with Crippen LogP contribution in [0.3, 0.4) is 0 Å². The van der Waals surface area contributed by atoms with E-state index in [9.17, 15) is 0 Å². The van der Waals surface area contributed by atoms with Crippen LogP contribution in [-0.4, -0.2) is 91.6 Å². The highest BCUT2D eigenvalue weighted by Crippen LogP contribution is 1.98. The normalized spacial score (nSPS) is 12.7. The molecule has 0 saturated heterocycles. The lowest BCUT2D eigenvalue weighted by atomic mass is 10.3. The van der Waals surface area contributed by atoms with Crippen LogP contribution in [0.4, 0.5) is 0 Å². The highest BCUT2D eigenvalue weighted by molar-refractivity contribution is 5.63. The average Bonchev–Trinajstić information content (AvgIpc) is 2.32. The average molecular weight is 387 g/mol. The maximum Gasteiger partial charge on any atom is 0.300 e. The Balaban J connectivity index is -0.000000164. The molecule has 0 bridgehead atoms. The van der Waals surface area contributed by atoms with Crippen molar-refractivity contribution in [3.8, 4) is 0 Å². The quantitative estimate of drug-likeness (QED) is 0.313. The molecule has 158 valence electrons. The SMILES string of the molecule is CC(=O)O.CC(=O)O.CC(=O)O.CC(O)CON(CC(C)O)CC(C)O. The smallest absolute Gasteiger partial charge is 0.300 e. The van der Waals surface area contributed by atoms with E-state index in [0.717, 1.165) is 20.8 Å². The fourth-order valence-corrected chi connectivity index (χ4v) is 0.983. The van der Waals surface area contributed by atoms with Crippen LogP contribution < -0.4 is 0 Å². The summed E-state index contributed by atoms with van der Waals surface area (Å²) in [6.07, 6.45) is -1.61. The van der Waals surface area contributed by atoms with Crippen molar-refractivity contribution in [3.63, 3.8) is 0 Å². The zero-order valence-corrected chi connectivity index (χ0v) is 16.1. The van der Waals surface area contributed by atoms with Crippen LogP contribution in [-0.2, 0) is 19.2 Å². The number of hydrogen-bond donors (Lipinski definition) is 6. The van der Waals surface area contributed by atoms with Crippen LogP contribution in [0.25, 0.3) is 0 Å². The van der Waals surface area contributed by atoms with Crippen molar-refractivity contribution in [3.05, 3.63) is 0 Å². The molecule has 0 aliphatic carbocycles. The van der Waals surface area contributed by atoms with Gasteiger partial charge in [-0.1, -0.05) is 0 Å². The van der Waals surface area contributed by atoms with Crippen LogP contribution in [0.2, 0.25) is 0 Å². The minimum atomic E-state index is -0.833. The molecule has 0 fully saturated rings. The summed E-state index contributed by atoms with van der Waals surface area (Å²) in [5.41, 5.74) is 0. The zero-order valence-electron chi connectivity index (χ0n) is 16.1. The number of aliphatic hydroxyl groups is 3. The van der Waals surface area contributed by atoms with E-state index in [-0.39, 0.29) is 6.61 Å². The Labute approximate surface area is 153 Å². The second-order valence-electron chi connectivity index (χ2n) is 5.25. The van der Waals surface area contributed by atoms with Crippen LogP contribution >= 0.6 is 0 Å². The van der Waals surface area contributed by atoms with Crippen LogP contribution in [0, 0.1) is 0 Å². The molecule has 0 aromatic rings. The Morgan fingerprint density at radius 3 is 1.12 bits per heavy atom. The first kappa shape index (κ1) is 31.9. The van der Waals surface area contributed by atoms with Gasteiger partial charge < -0.3 is 30.6 Å². The fraction of sp³-hybridized carbons (Fsp3) is 0.800. The third-order valence-electron chi connectivity index (χ3n) is 1.43. The van der Waals surface area contributed by atoms with E-state index < -0.39 is 36.2 Å². The number of rotatable bonds is 7. The summed E-state index contributed by atoms with van der Waals surface area (Å²) in [7, 11) is 0. The van der Waals surface area contributed by atoms with Gasteiger partial charge in [0.05, 0.1) is 24.9 Å². The molecule has 11 nitrogen and oxygen atoms in total. The molecule has 11 heteroatoms. The highest BCUT2D eigenvalue weighted by Gasteiger charge is 2.12. The van der Waals surface area contributed by atoms with Crippen molar-refractivity contribution in [2.45, 2.75) is 59.9 Å². The molecule has 26 heavy (non-hydrogen) atoms. The maximum absolute atomic E-state index is 9.14. The molecular weight excluding hydrogens is 354 g/mol. The van der Waals surface area contributed by atoms with Gasteiger partial charge in [0.15, 0.2) is 0 Å². The Kier molecular flexibility index (Phi) is 26.1. The van der Waals surface area contributed by atoms with Gasteiger partial charge in [0.1, 0.15) is 0 Å². The molecule has 3 atom stereocenters. The second kappa shape index (κ2) is 21.3. The van der Waals surface area contributed by atoms with E-state index in [0.29, 0.717) is 13.1 Å². The number of hydrogen-bond acceptors (Lipinski definition) is 8. The summed E-state index contributed by atoms with van der Waals surface area (Å²) >= 11 is 0. The summed E-state index contributed by atoms with van der Waals surface area (Å²) < 4.78 is 0. The van der Waals surface area contributed by atoms with Crippen LogP contribution in [0.1, 0.15) is 41.5 Å². The Hall–Kier alpha value is -1.79. The molecule has 0 aromatic carbocycles. The topological polar surface area (TPSA) is 185 Å². The molecule has 0 amide bonds. The lowest BCUT2D eigenvalue weighted by Gasteiger charge is -2.24. The molecule has 6 N–H and O–H groups in total. The van der Waals surface area contributed by atoms with Crippen molar-refractivity contribution < 1.29 is 49.9 Å². The Morgan fingerprint density at radius 1 is 0.731 bits per heavy atom. The monoisotopic (exact) mass is 387 g/mol. The predicted molar refractivity (Wildman–Crippen MR) is 92.5 cm³/mol. The predicted octanol–water partition coefficient (Wildman–Crippen LogP) is -0.365. The maximum atomic E-state index is 9.14. The van der Waals surface area contributed by atoms with Gasteiger partial charge in [0.2, 0.25) is 0 Å². The summed E-state index contributed by atoms with van der Waals surface area (Å²) in [6.45, 7) is 8.94. The lowest BCUT2D eigenvalue weighted by molar-refractivity contribution is -0.197. The van der Waals surface area contributed by atoms with E-state index in [1.165, 1.54) is 5.06 Å². The van der Waals surface area contributed by atoms with E-state index in [4.69, 9.17) is 49.9 Å². The van der Waals surface area contributed by atoms with Gasteiger partial charge >= 0.3 is 0 Å². The number of carbonyl (C=O) groups is 3. The van der Waals surface area contributed by atoms with Crippen molar-refractivity contribution in [2.75, 3.05) is 19.7 Å². The van der Waals surface area contributed by atoms with Crippen LogP contribution in [0.5, 0.6) is 0 Å². The first-order chi connectivity index (χ1) is 11.6. The summed E-state index contributed by atoms with van der Waals surface area (Å²) in [5, 5.41) is 51.0. The molecule has 0 heterocycles. The Morgan fingerprint density at radius 2 is 0.962 bits per heavy atom. The van der Waals surface area contributed by atoms with Crippen molar-refractivity contribution in [1.29, 1.82) is 0 Å². The molecule has 0 aromatic heterocycles. The van der Waals surface area contributed by atoms with Gasteiger partial charge in [-0.05, 0) is 20.8 Å². The highest BCUT2D eigenvalue weighted by atomic mass is 16.7. The summed E-state index contributed by atoms with van der Waals surface area (Å²) in [6, 6.07) is 0.